The van der Waals surface area contributed by atoms with Gasteiger partial charge in [0.15, 0.2) is 11.6 Å². The summed E-state index contributed by atoms with van der Waals surface area (Å²) in [5.41, 5.74) is 11.8. The van der Waals surface area contributed by atoms with E-state index in [1.54, 1.807) is 19.2 Å². The number of benzene rings is 1. The fraction of sp³-hybridized carbons (Fsp3) is 0.304. The standard InChI is InChI=1S/C23H27FN8O/c1-15(20-11-18(24)2-3-21(20)31-29-9-6-25)33-22-10-16(12-28-23(22)26)17-13-30-32(14-17)19-4-7-27-8-5-19/h2-3,6,9-15,19,25,27,31H,4-5,7-8H2,1H3,(H2,26,28)/b25-6?,29-9-/t15-/m1/s1. The number of hydrazone groups is 1. The van der Waals surface area contributed by atoms with Crippen molar-refractivity contribution in [2.24, 2.45) is 5.10 Å². The van der Waals surface area contributed by atoms with Crippen LogP contribution in [0.15, 0.2) is 48.0 Å². The molecule has 1 aliphatic heterocycles. The summed E-state index contributed by atoms with van der Waals surface area (Å²) in [7, 11) is 0. The number of aromatic nitrogens is 3. The van der Waals surface area contributed by atoms with Crippen LogP contribution in [0.4, 0.5) is 15.9 Å². The van der Waals surface area contributed by atoms with Crippen LogP contribution in [-0.2, 0) is 0 Å². The summed E-state index contributed by atoms with van der Waals surface area (Å²) in [6.45, 7) is 3.77. The van der Waals surface area contributed by atoms with Crippen molar-refractivity contribution < 1.29 is 9.13 Å². The van der Waals surface area contributed by atoms with Crippen LogP contribution in [0, 0.1) is 11.2 Å². The molecule has 1 saturated heterocycles. The van der Waals surface area contributed by atoms with Crippen LogP contribution >= 0.6 is 0 Å². The van der Waals surface area contributed by atoms with E-state index in [0.29, 0.717) is 23.0 Å². The van der Waals surface area contributed by atoms with E-state index >= 15 is 0 Å². The highest BCUT2D eigenvalue weighted by atomic mass is 19.1. The minimum absolute atomic E-state index is 0.240. The molecule has 1 aliphatic rings. The highest BCUT2D eigenvalue weighted by Gasteiger charge is 2.18. The number of ether oxygens (including phenoxy) is 1. The topological polar surface area (TPSA) is 126 Å². The van der Waals surface area contributed by atoms with Gasteiger partial charge in [-0.3, -0.25) is 10.1 Å². The van der Waals surface area contributed by atoms with Gasteiger partial charge in [-0.2, -0.15) is 10.2 Å². The molecule has 33 heavy (non-hydrogen) atoms. The highest BCUT2D eigenvalue weighted by molar-refractivity contribution is 6.14. The molecule has 0 radical (unpaired) electrons. The van der Waals surface area contributed by atoms with E-state index in [2.05, 4.69) is 25.9 Å². The molecule has 0 unspecified atom stereocenters. The van der Waals surface area contributed by atoms with Gasteiger partial charge in [-0.15, -0.1) is 0 Å². The van der Waals surface area contributed by atoms with Crippen molar-refractivity contribution in [1.82, 2.24) is 20.1 Å². The smallest absolute Gasteiger partial charge is 0.166 e. The summed E-state index contributed by atoms with van der Waals surface area (Å²) in [5.74, 6) is 0.240. The number of hydrogen-bond acceptors (Lipinski definition) is 8. The van der Waals surface area contributed by atoms with Gasteiger partial charge >= 0.3 is 0 Å². The molecule has 172 valence electrons. The Labute approximate surface area is 191 Å². The number of halogens is 1. The zero-order chi connectivity index (χ0) is 23.2. The normalized spacial score (nSPS) is 15.5. The maximum Gasteiger partial charge on any atom is 0.166 e. The molecule has 0 amide bonds. The van der Waals surface area contributed by atoms with Crippen LogP contribution < -0.4 is 21.2 Å². The van der Waals surface area contributed by atoms with Crippen molar-refractivity contribution >= 4 is 23.9 Å². The Morgan fingerprint density at radius 2 is 2.12 bits per heavy atom. The van der Waals surface area contributed by atoms with Gasteiger partial charge in [0, 0.05) is 35.3 Å². The summed E-state index contributed by atoms with van der Waals surface area (Å²) in [6, 6.07) is 6.48. The fourth-order valence-corrected chi connectivity index (χ4v) is 3.84. The first kappa shape index (κ1) is 22.4. The molecule has 2 aromatic heterocycles. The predicted octanol–water partition coefficient (Wildman–Crippen LogP) is 3.78. The molecule has 0 saturated carbocycles. The Hall–Kier alpha value is -3.79. The zero-order valence-corrected chi connectivity index (χ0v) is 18.3. The molecule has 1 fully saturated rings. The van der Waals surface area contributed by atoms with Crippen LogP contribution in [-0.4, -0.2) is 40.3 Å². The van der Waals surface area contributed by atoms with Crippen molar-refractivity contribution in [2.45, 2.75) is 31.9 Å². The molecule has 1 aromatic carbocycles. The van der Waals surface area contributed by atoms with Crippen molar-refractivity contribution in [3.8, 4) is 16.9 Å². The van der Waals surface area contributed by atoms with Crippen LogP contribution in [0.2, 0.25) is 0 Å². The second kappa shape index (κ2) is 10.2. The third-order valence-electron chi connectivity index (χ3n) is 5.59. The van der Waals surface area contributed by atoms with Crippen LogP contribution in [0.25, 0.3) is 11.1 Å². The van der Waals surface area contributed by atoms with Crippen LogP contribution in [0.1, 0.15) is 37.5 Å². The predicted molar refractivity (Wildman–Crippen MR) is 127 cm³/mol. The number of hydrogen-bond donors (Lipinski definition) is 4. The molecular formula is C23H27FN8O. The van der Waals surface area contributed by atoms with Crippen molar-refractivity contribution in [1.29, 1.82) is 5.41 Å². The van der Waals surface area contributed by atoms with E-state index in [9.17, 15) is 4.39 Å². The zero-order valence-electron chi connectivity index (χ0n) is 18.3. The molecule has 0 aliphatic carbocycles. The molecule has 5 N–H and O–H groups in total. The maximum atomic E-state index is 13.9. The van der Waals surface area contributed by atoms with Crippen molar-refractivity contribution in [3.63, 3.8) is 0 Å². The number of nitrogens with one attached hydrogen (secondary N) is 3. The first-order chi connectivity index (χ1) is 16.0. The van der Waals surface area contributed by atoms with E-state index in [1.165, 1.54) is 18.3 Å². The molecule has 3 heterocycles. The molecule has 1 atom stereocenters. The van der Waals surface area contributed by atoms with Gasteiger partial charge in [0.2, 0.25) is 0 Å². The first-order valence-electron chi connectivity index (χ1n) is 10.8. The minimum Gasteiger partial charge on any atom is -0.482 e. The number of pyridine rings is 1. The third kappa shape index (κ3) is 5.35. The van der Waals surface area contributed by atoms with Crippen LogP contribution in [0.3, 0.4) is 0 Å². The van der Waals surface area contributed by atoms with Gasteiger partial charge in [-0.05, 0) is 57.1 Å². The summed E-state index contributed by atoms with van der Waals surface area (Å²) in [4.78, 5) is 4.29. The Morgan fingerprint density at radius 1 is 1.30 bits per heavy atom. The number of anilines is 2. The fourth-order valence-electron chi connectivity index (χ4n) is 3.84. The lowest BCUT2D eigenvalue weighted by molar-refractivity contribution is 0.228. The average molecular weight is 451 g/mol. The van der Waals surface area contributed by atoms with Gasteiger partial charge < -0.3 is 21.2 Å². The summed E-state index contributed by atoms with van der Waals surface area (Å²) in [6.07, 6.45) is 9.40. The van der Waals surface area contributed by atoms with E-state index in [1.807, 2.05) is 23.1 Å². The number of nitrogens with zero attached hydrogens (tertiary/aromatic N) is 4. The molecule has 9 nitrogen and oxygen atoms in total. The molecule has 0 spiro atoms. The first-order valence-corrected chi connectivity index (χ1v) is 10.8. The molecule has 0 bridgehead atoms. The van der Waals surface area contributed by atoms with Crippen molar-refractivity contribution in [2.75, 3.05) is 24.2 Å². The lowest BCUT2D eigenvalue weighted by Gasteiger charge is -2.22. The Bertz CT molecular complexity index is 1140. The monoisotopic (exact) mass is 450 g/mol. The minimum atomic E-state index is -0.546. The highest BCUT2D eigenvalue weighted by Crippen LogP contribution is 2.33. The molecule has 10 heteroatoms. The lowest BCUT2D eigenvalue weighted by atomic mass is 10.1. The Kier molecular flexibility index (Phi) is 6.94. The quantitative estimate of drug-likeness (QED) is 0.306. The second-order valence-electron chi connectivity index (χ2n) is 7.85. The number of piperidine rings is 1. The lowest BCUT2D eigenvalue weighted by Crippen LogP contribution is -2.29. The number of nitrogens with two attached hydrogens (primary N) is 1. The Morgan fingerprint density at radius 3 is 2.91 bits per heavy atom. The van der Waals surface area contributed by atoms with Gasteiger partial charge in [0.05, 0.1) is 24.1 Å². The van der Waals surface area contributed by atoms with Crippen molar-refractivity contribution in [3.05, 3.63) is 54.2 Å². The summed E-state index contributed by atoms with van der Waals surface area (Å²) >= 11 is 0. The van der Waals surface area contributed by atoms with E-state index < -0.39 is 11.9 Å². The molecule has 4 rings (SSSR count). The maximum absolute atomic E-state index is 13.9. The van der Waals surface area contributed by atoms with Gasteiger partial charge in [0.1, 0.15) is 11.9 Å². The number of nitrogen functional groups attached to an aromatic ring is 1. The second-order valence-corrected chi connectivity index (χ2v) is 7.85. The molecule has 3 aromatic rings. The van der Waals surface area contributed by atoms with E-state index in [0.717, 1.165) is 43.3 Å². The average Bonchev–Trinajstić information content (AvgIpc) is 3.32. The summed E-state index contributed by atoms with van der Waals surface area (Å²) < 4.78 is 22.0. The van der Waals surface area contributed by atoms with E-state index in [4.69, 9.17) is 15.9 Å². The van der Waals surface area contributed by atoms with Gasteiger partial charge in [0.25, 0.3) is 0 Å². The largest absolute Gasteiger partial charge is 0.482 e. The Balaban J connectivity index is 1.55. The van der Waals surface area contributed by atoms with Gasteiger partial charge in [-0.25, -0.2) is 9.37 Å². The third-order valence-corrected chi connectivity index (χ3v) is 5.59. The van der Waals surface area contributed by atoms with Gasteiger partial charge in [-0.1, -0.05) is 0 Å². The molecular weight excluding hydrogens is 423 g/mol. The van der Waals surface area contributed by atoms with E-state index in [-0.39, 0.29) is 5.82 Å². The summed E-state index contributed by atoms with van der Waals surface area (Å²) in [5, 5.41) is 18.8. The van der Waals surface area contributed by atoms with Crippen LogP contribution in [0.5, 0.6) is 5.75 Å². The number of rotatable bonds is 8. The SMILES string of the molecule is C[C@@H](Oc1cc(-c2cnn(C3CCNCC3)c2)cnc1N)c1cc(F)ccc1N/N=C\C=N.